The van der Waals surface area contributed by atoms with Crippen LogP contribution in [0.3, 0.4) is 0 Å². The van der Waals surface area contributed by atoms with E-state index in [0.29, 0.717) is 58.1 Å². The number of fused-ring (bicyclic) bond motifs is 1. The molecule has 0 aliphatic heterocycles. The molecule has 10 nitrogen and oxygen atoms in total. The average Bonchev–Trinajstić information content (AvgIpc) is 3.30. The number of halogens is 1. The number of aromatic nitrogens is 2. The lowest BCUT2D eigenvalue weighted by atomic mass is 10.1. The number of aryl methyl sites for hydroxylation is 1. The minimum Gasteiger partial charge on any atom is -0.493 e. The molecule has 0 fully saturated rings. The molecule has 1 N–H and O–H groups in total. The van der Waals surface area contributed by atoms with Gasteiger partial charge in [0.05, 0.1) is 43.0 Å². The molecule has 0 amide bonds. The third-order valence-corrected chi connectivity index (χ3v) is 6.11. The van der Waals surface area contributed by atoms with Crippen LogP contribution in [-0.4, -0.2) is 66.5 Å². The zero-order valence-corrected chi connectivity index (χ0v) is 23.8. The van der Waals surface area contributed by atoms with Gasteiger partial charge in [-0.25, -0.2) is 9.59 Å². The summed E-state index contributed by atoms with van der Waals surface area (Å²) in [5, 5.41) is 15.2. The van der Waals surface area contributed by atoms with Crippen molar-refractivity contribution >= 4 is 34.4 Å². The van der Waals surface area contributed by atoms with Crippen molar-refractivity contribution in [3.05, 3.63) is 46.6 Å². The fraction of sp³-hybridized carbons (Fsp3) is 0.464. The Bertz CT molecular complexity index is 1290. The molecule has 1 unspecified atom stereocenters. The Balaban J connectivity index is 1.67. The fourth-order valence-electron chi connectivity index (χ4n) is 4.01. The van der Waals surface area contributed by atoms with Gasteiger partial charge < -0.3 is 28.8 Å². The van der Waals surface area contributed by atoms with Crippen molar-refractivity contribution < 1.29 is 38.4 Å². The van der Waals surface area contributed by atoms with Gasteiger partial charge in [-0.1, -0.05) is 11.6 Å². The summed E-state index contributed by atoms with van der Waals surface area (Å²) in [7, 11) is 4.41. The molecule has 1 heterocycles. The van der Waals surface area contributed by atoms with Crippen molar-refractivity contribution in [1.82, 2.24) is 9.78 Å². The first kappa shape index (κ1) is 30.0. The van der Waals surface area contributed by atoms with Crippen LogP contribution in [0.2, 0.25) is 5.02 Å². The molecule has 0 radical (unpaired) electrons. The lowest BCUT2D eigenvalue weighted by molar-refractivity contribution is 0.00686. The van der Waals surface area contributed by atoms with Gasteiger partial charge in [0.25, 0.3) is 0 Å². The molecule has 2 aromatic carbocycles. The van der Waals surface area contributed by atoms with E-state index >= 15 is 0 Å². The first-order chi connectivity index (χ1) is 18.5. The standard InChI is InChI=1S/C28H35ClN2O8/c1-28(2,3)39-27(34)17-12-21(29)20-16-31(30-22(20)13-17)10-7-8-19(9-11-32)38-26(33)18-14-23(35-4)25(37-6)24(15-18)36-5/h12-16,19,32H,7-11H2,1-6H3. The maximum atomic E-state index is 12.9. The van der Waals surface area contributed by atoms with E-state index in [0.717, 1.165) is 0 Å². The lowest BCUT2D eigenvalue weighted by Crippen LogP contribution is -2.23. The fourth-order valence-corrected chi connectivity index (χ4v) is 4.27. The van der Waals surface area contributed by atoms with Crippen LogP contribution in [0.4, 0.5) is 0 Å². The molecule has 3 aromatic rings. The molecule has 0 spiro atoms. The number of aliphatic hydroxyl groups is 1. The zero-order valence-electron chi connectivity index (χ0n) is 23.1. The second-order valence-electron chi connectivity index (χ2n) is 9.88. The normalized spacial score (nSPS) is 12.2. The molecular formula is C28H35ClN2O8. The maximum absolute atomic E-state index is 12.9. The van der Waals surface area contributed by atoms with E-state index in [-0.39, 0.29) is 18.6 Å². The van der Waals surface area contributed by atoms with Crippen molar-refractivity contribution in [2.24, 2.45) is 0 Å². The Kier molecular flexibility index (Phi) is 10.0. The van der Waals surface area contributed by atoms with Gasteiger partial charge in [0.1, 0.15) is 11.7 Å². The number of ether oxygens (including phenoxy) is 5. The number of methoxy groups -OCH3 is 3. The highest BCUT2D eigenvalue weighted by molar-refractivity contribution is 6.35. The summed E-state index contributed by atoms with van der Waals surface area (Å²) in [6.07, 6.45) is 2.66. The number of hydrogen-bond acceptors (Lipinski definition) is 9. The molecule has 1 aromatic heterocycles. The Morgan fingerprint density at radius 3 is 2.18 bits per heavy atom. The predicted octanol–water partition coefficient (Wildman–Crippen LogP) is 5.06. The number of rotatable bonds is 12. The van der Waals surface area contributed by atoms with Crippen molar-refractivity contribution in [3.63, 3.8) is 0 Å². The van der Waals surface area contributed by atoms with Gasteiger partial charge in [-0.2, -0.15) is 5.10 Å². The van der Waals surface area contributed by atoms with Crippen molar-refractivity contribution in [3.8, 4) is 17.2 Å². The van der Waals surface area contributed by atoms with Gasteiger partial charge in [-0.05, 0) is 57.9 Å². The molecule has 0 saturated heterocycles. The quantitative estimate of drug-likeness (QED) is 0.302. The van der Waals surface area contributed by atoms with Crippen LogP contribution in [-0.2, 0) is 16.0 Å². The van der Waals surface area contributed by atoms with E-state index in [9.17, 15) is 14.7 Å². The predicted molar refractivity (Wildman–Crippen MR) is 146 cm³/mol. The van der Waals surface area contributed by atoms with Crippen LogP contribution in [0.1, 0.15) is 60.7 Å². The molecule has 0 saturated carbocycles. The Morgan fingerprint density at radius 2 is 1.62 bits per heavy atom. The number of esters is 2. The smallest absolute Gasteiger partial charge is 0.338 e. The molecule has 39 heavy (non-hydrogen) atoms. The number of carbonyl (C=O) groups is 2. The van der Waals surface area contributed by atoms with Crippen LogP contribution in [0.15, 0.2) is 30.5 Å². The Morgan fingerprint density at radius 1 is 0.974 bits per heavy atom. The first-order valence-corrected chi connectivity index (χ1v) is 12.9. The van der Waals surface area contributed by atoms with E-state index in [4.69, 9.17) is 35.3 Å². The van der Waals surface area contributed by atoms with Crippen LogP contribution >= 0.6 is 11.6 Å². The number of nitrogens with zero attached hydrogens (tertiary/aromatic N) is 2. The third-order valence-electron chi connectivity index (χ3n) is 5.80. The molecule has 11 heteroatoms. The summed E-state index contributed by atoms with van der Waals surface area (Å²) in [6, 6.07) is 6.26. The topological polar surface area (TPSA) is 118 Å². The molecule has 212 valence electrons. The van der Waals surface area contributed by atoms with E-state index in [1.54, 1.807) is 43.8 Å². The number of hydrogen-bond donors (Lipinski definition) is 1. The second-order valence-corrected chi connectivity index (χ2v) is 10.3. The SMILES string of the molecule is COc1cc(C(=O)OC(CCO)CCCn2cc3c(Cl)cc(C(=O)OC(C)(C)C)cc3n2)cc(OC)c1OC. The minimum atomic E-state index is -0.627. The molecule has 0 aliphatic rings. The summed E-state index contributed by atoms with van der Waals surface area (Å²) in [6.45, 7) is 5.77. The van der Waals surface area contributed by atoms with Crippen LogP contribution in [0, 0.1) is 0 Å². The third kappa shape index (κ3) is 7.77. The van der Waals surface area contributed by atoms with Crippen molar-refractivity contribution in [1.29, 1.82) is 0 Å². The highest BCUT2D eigenvalue weighted by Gasteiger charge is 2.22. The number of aliphatic hydroxyl groups excluding tert-OH is 1. The van der Waals surface area contributed by atoms with Gasteiger partial charge in [0, 0.05) is 31.2 Å². The van der Waals surface area contributed by atoms with Gasteiger partial charge in [-0.3, -0.25) is 4.68 Å². The van der Waals surface area contributed by atoms with Gasteiger partial charge in [0.2, 0.25) is 5.75 Å². The summed E-state index contributed by atoms with van der Waals surface area (Å²) in [4.78, 5) is 25.4. The van der Waals surface area contributed by atoms with Crippen molar-refractivity contribution in [2.45, 2.75) is 58.3 Å². The van der Waals surface area contributed by atoms with Gasteiger partial charge >= 0.3 is 11.9 Å². The molecule has 1 atom stereocenters. The molecule has 3 rings (SSSR count). The largest absolute Gasteiger partial charge is 0.493 e. The highest BCUT2D eigenvalue weighted by atomic mass is 35.5. The van der Waals surface area contributed by atoms with Crippen LogP contribution < -0.4 is 14.2 Å². The Hall–Kier alpha value is -3.50. The zero-order chi connectivity index (χ0) is 28.7. The summed E-state index contributed by atoms with van der Waals surface area (Å²) < 4.78 is 28.8. The summed E-state index contributed by atoms with van der Waals surface area (Å²) >= 11 is 6.42. The number of benzene rings is 2. The summed E-state index contributed by atoms with van der Waals surface area (Å²) in [5.41, 5.74) is 0.512. The number of carbonyl (C=O) groups excluding carboxylic acids is 2. The highest BCUT2D eigenvalue weighted by Crippen LogP contribution is 2.38. The van der Waals surface area contributed by atoms with Crippen LogP contribution in [0.5, 0.6) is 17.2 Å². The van der Waals surface area contributed by atoms with E-state index in [1.807, 2.05) is 0 Å². The van der Waals surface area contributed by atoms with E-state index in [1.165, 1.54) is 33.5 Å². The van der Waals surface area contributed by atoms with E-state index in [2.05, 4.69) is 5.10 Å². The van der Waals surface area contributed by atoms with Gasteiger partial charge in [-0.15, -0.1) is 0 Å². The van der Waals surface area contributed by atoms with Gasteiger partial charge in [0.15, 0.2) is 11.5 Å². The maximum Gasteiger partial charge on any atom is 0.338 e. The average molecular weight is 563 g/mol. The lowest BCUT2D eigenvalue weighted by Gasteiger charge is -2.19. The monoisotopic (exact) mass is 562 g/mol. The van der Waals surface area contributed by atoms with E-state index < -0.39 is 23.6 Å². The summed E-state index contributed by atoms with van der Waals surface area (Å²) in [5.74, 6) is -0.00234. The first-order valence-electron chi connectivity index (χ1n) is 12.5. The molecular weight excluding hydrogens is 528 g/mol. The minimum absolute atomic E-state index is 0.137. The molecule has 0 bridgehead atoms. The second kappa shape index (κ2) is 13.0. The Labute approximate surface area is 232 Å². The molecule has 0 aliphatic carbocycles. The van der Waals surface area contributed by atoms with Crippen LogP contribution in [0.25, 0.3) is 10.9 Å². The van der Waals surface area contributed by atoms with Crippen molar-refractivity contribution in [2.75, 3.05) is 27.9 Å².